The molecule has 4 rings (SSSR count). The van der Waals surface area contributed by atoms with Crippen LogP contribution in [0.5, 0.6) is 11.5 Å². The molecule has 3 aromatic rings. The molecule has 0 bridgehead atoms. The Balaban J connectivity index is 1.60. The maximum absolute atomic E-state index is 13.4. The van der Waals surface area contributed by atoms with Crippen LogP contribution in [0.4, 0.5) is 16.2 Å². The number of carbonyl (C=O) groups excluding carboxylic acids is 4. The predicted molar refractivity (Wildman–Crippen MR) is 161 cm³/mol. The molecule has 5 amide bonds. The lowest BCUT2D eigenvalue weighted by Gasteiger charge is -2.27. The molecule has 11 heteroatoms. The Morgan fingerprint density at radius 2 is 1.83 bits per heavy atom. The molecule has 1 aliphatic rings. The summed E-state index contributed by atoms with van der Waals surface area (Å²) in [4.78, 5) is 52.2. The minimum absolute atomic E-state index is 0.262. The van der Waals surface area contributed by atoms with Crippen molar-refractivity contribution in [1.82, 2.24) is 5.32 Å². The summed E-state index contributed by atoms with van der Waals surface area (Å²) in [5.41, 5.74) is 3.56. The van der Waals surface area contributed by atoms with Crippen molar-refractivity contribution in [2.45, 2.75) is 27.7 Å². The Morgan fingerprint density at radius 1 is 1.07 bits per heavy atom. The third kappa shape index (κ3) is 6.61. The summed E-state index contributed by atoms with van der Waals surface area (Å²) >= 11 is 9.64. The second kappa shape index (κ2) is 12.6. The van der Waals surface area contributed by atoms with Gasteiger partial charge in [-0.2, -0.15) is 0 Å². The number of urea groups is 1. The van der Waals surface area contributed by atoms with Gasteiger partial charge in [0, 0.05) is 10.7 Å². The number of halogens is 2. The van der Waals surface area contributed by atoms with Gasteiger partial charge in [-0.25, -0.2) is 9.69 Å². The lowest BCUT2D eigenvalue weighted by Crippen LogP contribution is -2.54. The highest BCUT2D eigenvalue weighted by molar-refractivity contribution is 9.10. The third-order valence-corrected chi connectivity index (χ3v) is 7.24. The van der Waals surface area contributed by atoms with Crippen molar-refractivity contribution in [3.8, 4) is 11.5 Å². The summed E-state index contributed by atoms with van der Waals surface area (Å²) in [5.74, 6) is -1.44. The van der Waals surface area contributed by atoms with Crippen molar-refractivity contribution in [1.29, 1.82) is 0 Å². The van der Waals surface area contributed by atoms with Crippen molar-refractivity contribution >= 4 is 68.7 Å². The van der Waals surface area contributed by atoms with E-state index in [1.807, 2.05) is 32.0 Å². The predicted octanol–water partition coefficient (Wildman–Crippen LogP) is 6.11. The number of nitrogens with zero attached hydrogens (tertiary/aromatic N) is 1. The summed E-state index contributed by atoms with van der Waals surface area (Å²) in [7, 11) is 0. The monoisotopic (exact) mass is 639 g/mol. The Morgan fingerprint density at radius 3 is 2.56 bits per heavy atom. The second-order valence-corrected chi connectivity index (χ2v) is 10.5. The van der Waals surface area contributed by atoms with Crippen LogP contribution in [-0.2, 0) is 14.4 Å². The summed E-state index contributed by atoms with van der Waals surface area (Å²) in [5, 5.41) is 5.42. The summed E-state index contributed by atoms with van der Waals surface area (Å²) in [6, 6.07) is 12.9. The molecule has 1 saturated heterocycles. The van der Waals surface area contributed by atoms with Gasteiger partial charge >= 0.3 is 6.03 Å². The van der Waals surface area contributed by atoms with Gasteiger partial charge in [-0.3, -0.25) is 19.7 Å². The van der Waals surface area contributed by atoms with Crippen molar-refractivity contribution in [3.05, 3.63) is 85.9 Å². The molecule has 0 unspecified atom stereocenters. The molecule has 0 saturated carbocycles. The number of ether oxygens (including phenoxy) is 2. The molecular weight excluding hydrogens is 614 g/mol. The van der Waals surface area contributed by atoms with Crippen LogP contribution in [0, 0.1) is 20.8 Å². The summed E-state index contributed by atoms with van der Waals surface area (Å²) in [6.07, 6.45) is 1.35. The molecule has 41 heavy (non-hydrogen) atoms. The van der Waals surface area contributed by atoms with Crippen LogP contribution < -0.4 is 25.0 Å². The van der Waals surface area contributed by atoms with E-state index < -0.39 is 17.8 Å². The molecule has 212 valence electrons. The molecule has 1 aliphatic heterocycles. The van der Waals surface area contributed by atoms with Gasteiger partial charge in [0.1, 0.15) is 5.57 Å². The van der Waals surface area contributed by atoms with Crippen molar-refractivity contribution < 1.29 is 28.7 Å². The van der Waals surface area contributed by atoms with E-state index in [-0.39, 0.29) is 41.9 Å². The SMILES string of the molecule is CCOc1cc(/C=C2/C(=O)NC(=O)N(c3cccc(Cl)c3C)C2=O)cc(Br)c1OCC(=O)Nc1cc(C)ccc1C. The number of rotatable bonds is 8. The maximum Gasteiger partial charge on any atom is 0.335 e. The van der Waals surface area contributed by atoms with Crippen molar-refractivity contribution in [3.63, 3.8) is 0 Å². The smallest absolute Gasteiger partial charge is 0.335 e. The van der Waals surface area contributed by atoms with Crippen LogP contribution in [0.15, 0.2) is 58.6 Å². The van der Waals surface area contributed by atoms with E-state index in [1.54, 1.807) is 44.2 Å². The average molecular weight is 641 g/mol. The molecular formula is C30H27BrClN3O6. The third-order valence-electron chi connectivity index (χ3n) is 6.24. The normalized spacial score (nSPS) is 14.2. The molecule has 1 fully saturated rings. The number of carbonyl (C=O) groups is 4. The summed E-state index contributed by atoms with van der Waals surface area (Å²) in [6.45, 7) is 7.29. The first-order valence-electron chi connectivity index (χ1n) is 12.6. The maximum atomic E-state index is 13.4. The standard InChI is InChI=1S/C30H27BrClN3O6/c1-5-40-25-14-19(13-21(31)27(25)41-15-26(36)33-23-11-16(2)9-10-17(23)3)12-20-28(37)34-30(39)35(29(20)38)24-8-6-7-22(32)18(24)4/h6-14H,5,15H2,1-4H3,(H,33,36)(H,34,37,39)/b20-12-. The summed E-state index contributed by atoms with van der Waals surface area (Å²) < 4.78 is 12.0. The van der Waals surface area contributed by atoms with Gasteiger partial charge in [-0.1, -0.05) is 29.8 Å². The highest BCUT2D eigenvalue weighted by Gasteiger charge is 2.37. The fourth-order valence-electron chi connectivity index (χ4n) is 4.15. The molecule has 0 radical (unpaired) electrons. The van der Waals surface area contributed by atoms with Crippen molar-refractivity contribution in [2.75, 3.05) is 23.4 Å². The van der Waals surface area contributed by atoms with E-state index in [9.17, 15) is 19.2 Å². The average Bonchev–Trinajstić information content (AvgIpc) is 2.90. The van der Waals surface area contributed by atoms with E-state index in [0.29, 0.717) is 26.3 Å². The molecule has 0 aromatic heterocycles. The van der Waals surface area contributed by atoms with Crippen LogP contribution in [0.1, 0.15) is 29.2 Å². The number of aryl methyl sites for hydroxylation is 2. The Hall–Kier alpha value is -4.15. The van der Waals surface area contributed by atoms with E-state index in [4.69, 9.17) is 21.1 Å². The van der Waals surface area contributed by atoms with Crippen molar-refractivity contribution in [2.24, 2.45) is 0 Å². The minimum Gasteiger partial charge on any atom is -0.490 e. The van der Waals surface area contributed by atoms with E-state index in [0.717, 1.165) is 16.0 Å². The van der Waals surface area contributed by atoms with Gasteiger partial charge < -0.3 is 14.8 Å². The second-order valence-electron chi connectivity index (χ2n) is 9.26. The number of anilines is 2. The van der Waals surface area contributed by atoms with Gasteiger partial charge in [0.25, 0.3) is 17.7 Å². The van der Waals surface area contributed by atoms with E-state index >= 15 is 0 Å². The number of nitrogens with one attached hydrogen (secondary N) is 2. The van der Waals surface area contributed by atoms with Gasteiger partial charge in [0.2, 0.25) is 0 Å². The van der Waals surface area contributed by atoms with Crippen LogP contribution >= 0.6 is 27.5 Å². The fourth-order valence-corrected chi connectivity index (χ4v) is 4.89. The quantitative estimate of drug-likeness (QED) is 0.227. The zero-order valence-electron chi connectivity index (χ0n) is 22.8. The first-order chi connectivity index (χ1) is 19.5. The highest BCUT2D eigenvalue weighted by Crippen LogP contribution is 2.38. The number of benzene rings is 3. The first-order valence-corrected chi connectivity index (χ1v) is 13.8. The highest BCUT2D eigenvalue weighted by atomic mass is 79.9. The van der Waals surface area contributed by atoms with Gasteiger partial charge in [0.15, 0.2) is 18.1 Å². The topological polar surface area (TPSA) is 114 Å². The minimum atomic E-state index is -0.874. The largest absolute Gasteiger partial charge is 0.490 e. The Kier molecular flexibility index (Phi) is 9.14. The number of hydrogen-bond donors (Lipinski definition) is 2. The Labute approximate surface area is 250 Å². The Bertz CT molecular complexity index is 1600. The number of amides is 5. The first kappa shape index (κ1) is 29.8. The molecule has 9 nitrogen and oxygen atoms in total. The van der Waals surface area contributed by atoms with Crippen LogP contribution in [-0.4, -0.2) is 37.0 Å². The van der Waals surface area contributed by atoms with Crippen LogP contribution in [0.2, 0.25) is 5.02 Å². The lowest BCUT2D eigenvalue weighted by atomic mass is 10.1. The van der Waals surface area contributed by atoms with Gasteiger partial charge in [-0.15, -0.1) is 0 Å². The molecule has 0 aliphatic carbocycles. The molecule has 3 aromatic carbocycles. The zero-order chi connectivity index (χ0) is 29.8. The molecule has 0 atom stereocenters. The van der Waals surface area contributed by atoms with Gasteiger partial charge in [-0.05, 0) is 102 Å². The molecule has 1 heterocycles. The molecule has 2 N–H and O–H groups in total. The number of hydrogen-bond acceptors (Lipinski definition) is 6. The van der Waals surface area contributed by atoms with Crippen LogP contribution in [0.25, 0.3) is 6.08 Å². The fraction of sp³-hybridized carbons (Fsp3) is 0.200. The molecule has 0 spiro atoms. The van der Waals surface area contributed by atoms with E-state index in [1.165, 1.54) is 6.08 Å². The van der Waals surface area contributed by atoms with Gasteiger partial charge in [0.05, 0.1) is 16.8 Å². The van der Waals surface area contributed by atoms with E-state index in [2.05, 4.69) is 26.6 Å². The van der Waals surface area contributed by atoms with Crippen LogP contribution in [0.3, 0.4) is 0 Å². The zero-order valence-corrected chi connectivity index (χ0v) is 25.1. The number of imide groups is 2. The lowest BCUT2D eigenvalue weighted by molar-refractivity contribution is -0.122. The number of barbiturate groups is 1.